The van der Waals surface area contributed by atoms with Gasteiger partial charge in [0.1, 0.15) is 0 Å². The van der Waals surface area contributed by atoms with E-state index in [1.807, 2.05) is 0 Å². The molecule has 1 aliphatic heterocycles. The first kappa shape index (κ1) is 31.0. The van der Waals surface area contributed by atoms with Crippen molar-refractivity contribution < 1.29 is 0 Å². The minimum atomic E-state index is -0.0558. The number of hydrogen-bond acceptors (Lipinski definition) is 1. The van der Waals surface area contributed by atoms with Gasteiger partial charge in [0, 0.05) is 28.4 Å². The van der Waals surface area contributed by atoms with Gasteiger partial charge in [-0.2, -0.15) is 0 Å². The van der Waals surface area contributed by atoms with Gasteiger partial charge in [0.05, 0.1) is 5.71 Å². The molecule has 10 rings (SSSR count). The third kappa shape index (κ3) is 4.37. The van der Waals surface area contributed by atoms with Crippen LogP contribution in [0.25, 0.3) is 33.0 Å². The third-order valence-corrected chi connectivity index (χ3v) is 13.7. The van der Waals surface area contributed by atoms with Gasteiger partial charge in [-0.15, -0.1) is 0 Å². The summed E-state index contributed by atoms with van der Waals surface area (Å²) in [4.78, 5) is 5.89. The molecule has 0 saturated carbocycles. The number of allylic oxidation sites excluding steroid dienone is 6. The molecule has 1 heterocycles. The Hall–Kier alpha value is -4.75. The molecule has 5 aliphatic rings. The predicted octanol–water partition coefficient (Wildman–Crippen LogP) is 12.6. The van der Waals surface area contributed by atoms with Crippen LogP contribution in [0.15, 0.2) is 144 Å². The second kappa shape index (κ2) is 11.1. The molecule has 4 aliphatic carbocycles. The van der Waals surface area contributed by atoms with Crippen LogP contribution in [-0.4, -0.2) is 5.71 Å². The van der Waals surface area contributed by atoms with E-state index in [1.54, 1.807) is 5.57 Å². The fourth-order valence-electron chi connectivity index (χ4n) is 11.2. The fraction of sp³-hybridized carbons (Fsp3) is 0.300. The minimum Gasteiger partial charge on any atom is -0.256 e. The Morgan fingerprint density at radius 1 is 0.686 bits per heavy atom. The highest BCUT2D eigenvalue weighted by atomic mass is 14.9. The summed E-state index contributed by atoms with van der Waals surface area (Å²) in [7, 11) is 0. The predicted molar refractivity (Wildman–Crippen MR) is 214 cm³/mol. The number of fused-ring (bicyclic) bond motifs is 9. The molecular formula is C50H47N. The topological polar surface area (TPSA) is 12.4 Å². The number of benzene rings is 5. The van der Waals surface area contributed by atoms with E-state index in [-0.39, 0.29) is 10.8 Å². The summed E-state index contributed by atoms with van der Waals surface area (Å²) >= 11 is 0. The standard InChI is InChI=1S/C50H47N/c1-6-34-45(38-25-23-32-27-30-15-7-8-16-31(30)28-40(32)36-18-10-9-17-35(36)38)46-39-20-12-14-22-43(39)50(4,5)48(46)51-47(34)33-24-26-44-41(29-33)37-19-11-13-21-42(37)49(44,2)3/h7-22,24,26-29,34,38-39,43,45H,6,23,25H2,1-5H3. The van der Waals surface area contributed by atoms with Gasteiger partial charge >= 0.3 is 0 Å². The normalized spacial score (nSPS) is 26.1. The lowest BCUT2D eigenvalue weighted by Gasteiger charge is -2.41. The molecule has 0 amide bonds. The molecule has 0 N–H and O–H groups in total. The smallest absolute Gasteiger partial charge is 0.0516 e. The molecule has 0 bridgehead atoms. The molecule has 5 aromatic rings. The number of aliphatic imine (C=N–C) groups is 1. The Bertz CT molecular complexity index is 2390. The number of aryl methyl sites for hydroxylation is 1. The maximum Gasteiger partial charge on any atom is 0.0516 e. The first-order valence-electron chi connectivity index (χ1n) is 19.3. The van der Waals surface area contributed by atoms with Crippen molar-refractivity contribution in [2.45, 2.75) is 65.2 Å². The largest absolute Gasteiger partial charge is 0.256 e. The van der Waals surface area contributed by atoms with Crippen molar-refractivity contribution in [2.75, 3.05) is 0 Å². The second-order valence-corrected chi connectivity index (χ2v) is 16.9. The van der Waals surface area contributed by atoms with E-state index in [9.17, 15) is 0 Å². The zero-order valence-corrected chi connectivity index (χ0v) is 30.6. The fourth-order valence-corrected chi connectivity index (χ4v) is 11.2. The molecule has 0 saturated heterocycles. The van der Waals surface area contributed by atoms with Crippen LogP contribution < -0.4 is 0 Å². The van der Waals surface area contributed by atoms with Crippen molar-refractivity contribution in [3.8, 4) is 22.3 Å². The van der Waals surface area contributed by atoms with Gasteiger partial charge in [-0.1, -0.05) is 150 Å². The highest BCUT2D eigenvalue weighted by molar-refractivity contribution is 6.06. The SMILES string of the molecule is CCC1C(c2ccc3c(c2)-c2ccccc2C3(C)C)=NC2=C(C3C=CC=CC3C2(C)C)C1C1CCc2cc3ccccc3cc2-c2ccccc21. The van der Waals surface area contributed by atoms with E-state index >= 15 is 0 Å². The quantitative estimate of drug-likeness (QED) is 0.182. The molecule has 5 aromatic carbocycles. The average Bonchev–Trinajstić information content (AvgIpc) is 3.45. The van der Waals surface area contributed by atoms with Crippen LogP contribution in [0.5, 0.6) is 0 Å². The molecule has 0 spiro atoms. The van der Waals surface area contributed by atoms with Crippen molar-refractivity contribution >= 4 is 16.5 Å². The Kier molecular flexibility index (Phi) is 6.77. The Morgan fingerprint density at radius 2 is 1.39 bits per heavy atom. The van der Waals surface area contributed by atoms with Crippen LogP contribution in [0.2, 0.25) is 0 Å². The first-order chi connectivity index (χ1) is 24.8. The molecule has 51 heavy (non-hydrogen) atoms. The van der Waals surface area contributed by atoms with Crippen molar-refractivity contribution in [1.82, 2.24) is 0 Å². The first-order valence-corrected chi connectivity index (χ1v) is 19.3. The molecule has 1 heteroatoms. The van der Waals surface area contributed by atoms with Gasteiger partial charge in [0.15, 0.2) is 0 Å². The zero-order valence-electron chi connectivity index (χ0n) is 30.6. The van der Waals surface area contributed by atoms with Gasteiger partial charge < -0.3 is 0 Å². The monoisotopic (exact) mass is 661 g/mol. The Morgan fingerprint density at radius 3 is 2.22 bits per heavy atom. The van der Waals surface area contributed by atoms with Crippen LogP contribution >= 0.6 is 0 Å². The lowest BCUT2D eigenvalue weighted by Crippen LogP contribution is -2.35. The van der Waals surface area contributed by atoms with Crippen LogP contribution in [0.1, 0.15) is 81.2 Å². The van der Waals surface area contributed by atoms with Gasteiger partial charge in [-0.05, 0) is 116 Å². The van der Waals surface area contributed by atoms with Crippen LogP contribution in [0.3, 0.4) is 0 Å². The number of hydrogen-bond donors (Lipinski definition) is 0. The summed E-state index contributed by atoms with van der Waals surface area (Å²) in [6.07, 6.45) is 12.8. The Balaban J connectivity index is 1.18. The number of rotatable bonds is 3. The van der Waals surface area contributed by atoms with Gasteiger partial charge in [-0.3, -0.25) is 4.99 Å². The van der Waals surface area contributed by atoms with Crippen LogP contribution in [-0.2, 0) is 11.8 Å². The summed E-state index contributed by atoms with van der Waals surface area (Å²) in [5.74, 6) is 1.88. The summed E-state index contributed by atoms with van der Waals surface area (Å²) in [6.45, 7) is 12.1. The van der Waals surface area contributed by atoms with Crippen molar-refractivity contribution in [3.05, 3.63) is 167 Å². The van der Waals surface area contributed by atoms with Crippen molar-refractivity contribution in [1.29, 1.82) is 0 Å². The number of nitrogens with zero attached hydrogens (tertiary/aromatic N) is 1. The van der Waals surface area contributed by atoms with Crippen molar-refractivity contribution in [3.63, 3.8) is 0 Å². The van der Waals surface area contributed by atoms with E-state index in [2.05, 4.69) is 162 Å². The second-order valence-electron chi connectivity index (χ2n) is 16.9. The highest BCUT2D eigenvalue weighted by Crippen LogP contribution is 2.62. The summed E-state index contributed by atoms with van der Waals surface area (Å²) < 4.78 is 0. The zero-order chi connectivity index (χ0) is 34.6. The van der Waals surface area contributed by atoms with E-state index in [1.165, 1.54) is 72.3 Å². The van der Waals surface area contributed by atoms with E-state index in [4.69, 9.17) is 4.99 Å². The maximum absolute atomic E-state index is 5.89. The maximum atomic E-state index is 5.89. The highest BCUT2D eigenvalue weighted by Gasteiger charge is 2.54. The van der Waals surface area contributed by atoms with Gasteiger partial charge in [-0.25, -0.2) is 0 Å². The lowest BCUT2D eigenvalue weighted by atomic mass is 9.64. The van der Waals surface area contributed by atoms with E-state index in [0.29, 0.717) is 29.6 Å². The van der Waals surface area contributed by atoms with E-state index < -0.39 is 0 Å². The molecule has 0 fully saturated rings. The molecule has 5 atom stereocenters. The van der Waals surface area contributed by atoms with Crippen LogP contribution in [0.4, 0.5) is 0 Å². The lowest BCUT2D eigenvalue weighted by molar-refractivity contribution is 0.304. The summed E-state index contributed by atoms with van der Waals surface area (Å²) in [5, 5.41) is 2.67. The van der Waals surface area contributed by atoms with Gasteiger partial charge in [0.25, 0.3) is 0 Å². The van der Waals surface area contributed by atoms with Crippen LogP contribution in [0, 0.1) is 29.1 Å². The minimum absolute atomic E-state index is 0.00705. The van der Waals surface area contributed by atoms with Gasteiger partial charge in [0.2, 0.25) is 0 Å². The average molecular weight is 662 g/mol. The summed E-state index contributed by atoms with van der Waals surface area (Å²) in [6, 6.07) is 39.6. The van der Waals surface area contributed by atoms with Crippen molar-refractivity contribution in [2.24, 2.45) is 34.1 Å². The molecule has 1 nitrogen and oxygen atoms in total. The third-order valence-electron chi connectivity index (χ3n) is 13.7. The van der Waals surface area contributed by atoms with E-state index in [0.717, 1.165) is 19.3 Å². The molecule has 0 radical (unpaired) electrons. The Labute approximate surface area is 303 Å². The molecular weight excluding hydrogens is 615 g/mol. The molecule has 0 aromatic heterocycles. The summed E-state index contributed by atoms with van der Waals surface area (Å²) in [5.41, 5.74) is 17.0. The molecule has 5 unspecified atom stereocenters. The molecule has 252 valence electrons.